The number of phenolic OH excluding ortho intramolecular Hbond substituents is 1. The van der Waals surface area contributed by atoms with Crippen molar-refractivity contribution in [1.29, 1.82) is 0 Å². The van der Waals surface area contributed by atoms with Gasteiger partial charge in [0.1, 0.15) is 17.8 Å². The molecule has 1 saturated heterocycles. The highest BCUT2D eigenvalue weighted by atomic mass is 16.3. The molecule has 0 radical (unpaired) electrons. The highest BCUT2D eigenvalue weighted by molar-refractivity contribution is 6.01. The van der Waals surface area contributed by atoms with Gasteiger partial charge in [-0.25, -0.2) is 0 Å². The van der Waals surface area contributed by atoms with Gasteiger partial charge < -0.3 is 15.7 Å². The number of carbonyl (C=O) groups is 3. The van der Waals surface area contributed by atoms with E-state index in [1.807, 2.05) is 49.1 Å². The largest absolute Gasteiger partial charge is 0.508 e. The van der Waals surface area contributed by atoms with E-state index in [0.717, 1.165) is 16.3 Å². The van der Waals surface area contributed by atoms with Crippen LogP contribution < -0.4 is 10.6 Å². The monoisotopic (exact) mass is 473 g/mol. The molecule has 1 unspecified atom stereocenters. The molecule has 3 aromatic rings. The van der Waals surface area contributed by atoms with Crippen molar-refractivity contribution in [3.05, 3.63) is 77.9 Å². The maximum Gasteiger partial charge on any atom is 0.251 e. The molecule has 1 aliphatic heterocycles. The zero-order valence-electron chi connectivity index (χ0n) is 20.0. The van der Waals surface area contributed by atoms with Crippen molar-refractivity contribution in [2.75, 3.05) is 13.1 Å². The Morgan fingerprint density at radius 2 is 1.74 bits per heavy atom. The maximum atomic E-state index is 13.1. The van der Waals surface area contributed by atoms with Gasteiger partial charge in [0.15, 0.2) is 5.78 Å². The molecule has 0 aliphatic carbocycles. The van der Waals surface area contributed by atoms with Crippen LogP contribution in [0.4, 0.5) is 0 Å². The molecule has 1 aliphatic rings. The zero-order chi connectivity index (χ0) is 24.9. The van der Waals surface area contributed by atoms with Crippen LogP contribution in [0.5, 0.6) is 5.75 Å². The van der Waals surface area contributed by atoms with E-state index in [1.54, 1.807) is 36.4 Å². The van der Waals surface area contributed by atoms with Crippen LogP contribution in [0.3, 0.4) is 0 Å². The van der Waals surface area contributed by atoms with Gasteiger partial charge in [0.05, 0.1) is 6.54 Å². The number of nitrogens with zero attached hydrogens (tertiary/aromatic N) is 1. The Hall–Kier alpha value is -3.71. The van der Waals surface area contributed by atoms with Crippen molar-refractivity contribution >= 4 is 28.4 Å². The summed E-state index contributed by atoms with van der Waals surface area (Å²) in [5.74, 6) is -0.407. The van der Waals surface area contributed by atoms with Gasteiger partial charge in [-0.1, -0.05) is 56.3 Å². The van der Waals surface area contributed by atoms with Gasteiger partial charge in [-0.05, 0) is 52.9 Å². The number of likely N-dealkylation sites (tertiary alicyclic amines) is 1. The van der Waals surface area contributed by atoms with E-state index < -0.39 is 12.1 Å². The van der Waals surface area contributed by atoms with E-state index in [2.05, 4.69) is 10.6 Å². The Morgan fingerprint density at radius 3 is 2.49 bits per heavy atom. The maximum absolute atomic E-state index is 13.1. The first-order valence-corrected chi connectivity index (χ1v) is 11.9. The van der Waals surface area contributed by atoms with E-state index in [9.17, 15) is 19.5 Å². The van der Waals surface area contributed by atoms with Gasteiger partial charge in [0.25, 0.3) is 5.91 Å². The van der Waals surface area contributed by atoms with Crippen molar-refractivity contribution in [3.63, 3.8) is 0 Å². The highest BCUT2D eigenvalue weighted by Gasteiger charge is 2.34. The summed E-state index contributed by atoms with van der Waals surface area (Å²) in [6.45, 7) is 5.34. The first kappa shape index (κ1) is 24.4. The third kappa shape index (κ3) is 6.25. The minimum Gasteiger partial charge on any atom is -0.508 e. The number of ketones is 1. The number of benzene rings is 3. The van der Waals surface area contributed by atoms with Gasteiger partial charge in [0, 0.05) is 18.7 Å². The van der Waals surface area contributed by atoms with Crippen LogP contribution >= 0.6 is 0 Å². The Bertz CT molecular complexity index is 1230. The van der Waals surface area contributed by atoms with Gasteiger partial charge in [0.2, 0.25) is 5.91 Å². The van der Waals surface area contributed by atoms with E-state index in [1.165, 1.54) is 0 Å². The van der Waals surface area contributed by atoms with Crippen LogP contribution in [0.15, 0.2) is 66.7 Å². The summed E-state index contributed by atoms with van der Waals surface area (Å²) in [6.07, 6.45) is 0.452. The van der Waals surface area contributed by atoms with Gasteiger partial charge >= 0.3 is 0 Å². The molecule has 7 nitrogen and oxygen atoms in total. The van der Waals surface area contributed by atoms with Crippen LogP contribution in [-0.2, 0) is 16.1 Å². The number of carbonyl (C=O) groups excluding carboxylic acids is 3. The quantitative estimate of drug-likeness (QED) is 0.467. The summed E-state index contributed by atoms with van der Waals surface area (Å²) < 4.78 is 0. The Balaban J connectivity index is 1.41. The van der Waals surface area contributed by atoms with Crippen LogP contribution in [0.2, 0.25) is 0 Å². The Labute approximate surface area is 205 Å². The van der Waals surface area contributed by atoms with Gasteiger partial charge in [-0.3, -0.25) is 19.3 Å². The summed E-state index contributed by atoms with van der Waals surface area (Å²) >= 11 is 0. The molecular formula is C28H31N3O4. The fourth-order valence-corrected chi connectivity index (χ4v) is 4.43. The Morgan fingerprint density at radius 1 is 1.03 bits per heavy atom. The number of Topliss-reactive ketones (excluding diaryl/α,β-unsaturated/α-hetero) is 1. The third-order valence-electron chi connectivity index (χ3n) is 6.19. The second-order valence-electron chi connectivity index (χ2n) is 9.58. The summed E-state index contributed by atoms with van der Waals surface area (Å²) in [4.78, 5) is 40.7. The number of hydrogen-bond donors (Lipinski definition) is 3. The number of aromatic hydroxyl groups is 1. The molecule has 1 fully saturated rings. The first-order valence-electron chi connectivity index (χ1n) is 11.9. The van der Waals surface area contributed by atoms with E-state index in [-0.39, 0.29) is 35.8 Å². The fourth-order valence-electron chi connectivity index (χ4n) is 4.43. The summed E-state index contributed by atoms with van der Waals surface area (Å²) in [6, 6.07) is 18.7. The average Bonchev–Trinajstić information content (AvgIpc) is 3.16. The zero-order valence-corrected chi connectivity index (χ0v) is 20.0. The number of nitrogens with one attached hydrogen (secondary N) is 2. The number of amides is 2. The molecule has 3 N–H and O–H groups in total. The van der Waals surface area contributed by atoms with E-state index in [4.69, 9.17) is 0 Å². The smallest absolute Gasteiger partial charge is 0.251 e. The van der Waals surface area contributed by atoms with Crippen molar-refractivity contribution in [2.24, 2.45) is 5.92 Å². The lowest BCUT2D eigenvalue weighted by Gasteiger charge is -2.22. The Kier molecular flexibility index (Phi) is 7.46. The standard InChI is InChI=1S/C28H31N3O4/c1-18(2)12-24(29-27(34)22-9-8-21-14-23(32)11-10-20(21)13-22)28(35)30-25-16-31(17-26(25)33)15-19-6-4-3-5-7-19/h3-11,13-14,18,24-25,32H,12,15-17H2,1-2H3,(H,29,34)(H,30,35)/t24-,25?/m0/s1. The van der Waals surface area contributed by atoms with Crippen LogP contribution in [0.25, 0.3) is 10.8 Å². The molecule has 0 aromatic heterocycles. The lowest BCUT2D eigenvalue weighted by atomic mass is 10.0. The summed E-state index contributed by atoms with van der Waals surface area (Å²) in [7, 11) is 0. The normalized spacial score (nSPS) is 17.0. The molecule has 182 valence electrons. The predicted octanol–water partition coefficient (Wildman–Crippen LogP) is 3.26. The fraction of sp³-hybridized carbons (Fsp3) is 0.321. The topological polar surface area (TPSA) is 98.7 Å². The highest BCUT2D eigenvalue weighted by Crippen LogP contribution is 2.21. The first-order chi connectivity index (χ1) is 16.8. The molecule has 2 atom stereocenters. The van der Waals surface area contributed by atoms with Crippen molar-refractivity contribution in [1.82, 2.24) is 15.5 Å². The summed E-state index contributed by atoms with van der Waals surface area (Å²) in [5, 5.41) is 17.0. The molecule has 7 heteroatoms. The molecule has 0 spiro atoms. The average molecular weight is 474 g/mol. The lowest BCUT2D eigenvalue weighted by molar-refractivity contribution is -0.127. The van der Waals surface area contributed by atoms with Crippen molar-refractivity contribution in [2.45, 2.75) is 38.9 Å². The van der Waals surface area contributed by atoms with E-state index in [0.29, 0.717) is 25.1 Å². The minimum absolute atomic E-state index is 0.0262. The molecule has 3 aromatic carbocycles. The molecule has 1 heterocycles. The van der Waals surface area contributed by atoms with Gasteiger partial charge in [-0.15, -0.1) is 0 Å². The second-order valence-corrected chi connectivity index (χ2v) is 9.58. The molecular weight excluding hydrogens is 442 g/mol. The molecule has 0 bridgehead atoms. The van der Waals surface area contributed by atoms with Gasteiger partial charge in [-0.2, -0.15) is 0 Å². The van der Waals surface area contributed by atoms with Crippen molar-refractivity contribution in [3.8, 4) is 5.75 Å². The summed E-state index contributed by atoms with van der Waals surface area (Å²) in [5.41, 5.74) is 1.54. The van der Waals surface area contributed by atoms with Crippen LogP contribution in [0, 0.1) is 5.92 Å². The van der Waals surface area contributed by atoms with Crippen LogP contribution in [-0.4, -0.2) is 52.8 Å². The number of rotatable bonds is 8. The molecule has 35 heavy (non-hydrogen) atoms. The second kappa shape index (κ2) is 10.7. The number of phenols is 1. The van der Waals surface area contributed by atoms with Crippen LogP contribution in [0.1, 0.15) is 36.2 Å². The SMILES string of the molecule is CC(C)C[C@H](NC(=O)c1ccc2cc(O)ccc2c1)C(=O)NC1CN(Cc2ccccc2)CC1=O. The number of fused-ring (bicyclic) bond motifs is 1. The number of hydrogen-bond acceptors (Lipinski definition) is 5. The lowest BCUT2D eigenvalue weighted by Crippen LogP contribution is -2.52. The predicted molar refractivity (Wildman–Crippen MR) is 135 cm³/mol. The molecule has 4 rings (SSSR count). The molecule has 0 saturated carbocycles. The molecule has 2 amide bonds. The third-order valence-corrected chi connectivity index (χ3v) is 6.19. The van der Waals surface area contributed by atoms with E-state index >= 15 is 0 Å². The minimum atomic E-state index is -0.756. The van der Waals surface area contributed by atoms with Crippen molar-refractivity contribution < 1.29 is 19.5 Å².